The normalized spacial score (nSPS) is 22.4. The Kier molecular flexibility index (Phi) is 4.85. The van der Waals surface area contributed by atoms with E-state index in [4.69, 9.17) is 15.2 Å². The molecule has 0 radical (unpaired) electrons. The van der Waals surface area contributed by atoms with Crippen LogP contribution in [0.25, 0.3) is 0 Å². The fourth-order valence-electron chi connectivity index (χ4n) is 1.65. The first-order valence-electron chi connectivity index (χ1n) is 5.72. The summed E-state index contributed by atoms with van der Waals surface area (Å²) in [6.07, 6.45) is 6.38. The molecule has 2 rings (SSSR count). The molecule has 1 aliphatic rings. The van der Waals surface area contributed by atoms with Crippen LogP contribution in [0.2, 0.25) is 0 Å². The molecule has 1 aromatic rings. The van der Waals surface area contributed by atoms with Crippen LogP contribution in [0.3, 0.4) is 0 Å². The lowest BCUT2D eigenvalue weighted by Gasteiger charge is -2.24. The maximum absolute atomic E-state index is 5.96. The number of rotatable bonds is 4. The van der Waals surface area contributed by atoms with Gasteiger partial charge in [-0.2, -0.15) is 0 Å². The van der Waals surface area contributed by atoms with Crippen molar-refractivity contribution in [2.45, 2.75) is 31.6 Å². The molecule has 6 heteroatoms. The zero-order chi connectivity index (χ0) is 12.1. The van der Waals surface area contributed by atoms with E-state index in [0.717, 1.165) is 31.6 Å². The third kappa shape index (κ3) is 3.99. The van der Waals surface area contributed by atoms with Crippen molar-refractivity contribution in [3.8, 4) is 0 Å². The molecule has 1 aliphatic heterocycles. The Bertz CT molecular complexity index is 341. The van der Waals surface area contributed by atoms with Crippen LogP contribution in [0.4, 0.5) is 0 Å². The van der Waals surface area contributed by atoms with Gasteiger partial charge in [0.15, 0.2) is 6.29 Å². The average molecular weight is 302 g/mol. The van der Waals surface area contributed by atoms with Gasteiger partial charge in [-0.3, -0.25) is 4.98 Å². The first-order chi connectivity index (χ1) is 8.25. The van der Waals surface area contributed by atoms with Crippen molar-refractivity contribution in [3.05, 3.63) is 22.7 Å². The standard InChI is InChI=1S/C11H16BrN3O2/c12-10-6-14-9(5-15-10)8(13)7-17-11-3-1-2-4-16-11/h5-6,8,11H,1-4,7,13H2. The molecular weight excluding hydrogens is 286 g/mol. The highest BCUT2D eigenvalue weighted by Crippen LogP contribution is 2.16. The van der Waals surface area contributed by atoms with Crippen LogP contribution >= 0.6 is 15.9 Å². The van der Waals surface area contributed by atoms with Crippen LogP contribution in [0.5, 0.6) is 0 Å². The number of hydrogen-bond donors (Lipinski definition) is 1. The molecule has 2 N–H and O–H groups in total. The van der Waals surface area contributed by atoms with Gasteiger partial charge in [-0.15, -0.1) is 0 Å². The molecule has 0 aromatic carbocycles. The Balaban J connectivity index is 1.80. The van der Waals surface area contributed by atoms with Crippen LogP contribution in [0.15, 0.2) is 17.0 Å². The smallest absolute Gasteiger partial charge is 0.157 e. The molecule has 17 heavy (non-hydrogen) atoms. The van der Waals surface area contributed by atoms with Crippen molar-refractivity contribution in [1.29, 1.82) is 0 Å². The highest BCUT2D eigenvalue weighted by molar-refractivity contribution is 9.10. The average Bonchev–Trinajstić information content (AvgIpc) is 2.38. The Hall–Kier alpha value is -0.560. The van der Waals surface area contributed by atoms with Gasteiger partial charge in [0.1, 0.15) is 4.60 Å². The second-order valence-electron chi connectivity index (χ2n) is 4.00. The molecule has 1 fully saturated rings. The van der Waals surface area contributed by atoms with Gasteiger partial charge in [0, 0.05) is 6.61 Å². The van der Waals surface area contributed by atoms with E-state index in [1.807, 2.05) is 0 Å². The summed E-state index contributed by atoms with van der Waals surface area (Å²) in [7, 11) is 0. The number of aromatic nitrogens is 2. The quantitative estimate of drug-likeness (QED) is 0.918. The van der Waals surface area contributed by atoms with Gasteiger partial charge < -0.3 is 15.2 Å². The highest BCUT2D eigenvalue weighted by atomic mass is 79.9. The Morgan fingerprint density at radius 1 is 1.47 bits per heavy atom. The molecule has 5 nitrogen and oxygen atoms in total. The van der Waals surface area contributed by atoms with Crippen molar-refractivity contribution in [1.82, 2.24) is 9.97 Å². The monoisotopic (exact) mass is 301 g/mol. The summed E-state index contributed by atoms with van der Waals surface area (Å²) in [5, 5.41) is 0. The van der Waals surface area contributed by atoms with Gasteiger partial charge in [-0.05, 0) is 35.2 Å². The second-order valence-corrected chi connectivity index (χ2v) is 4.81. The Morgan fingerprint density at radius 3 is 3.00 bits per heavy atom. The Morgan fingerprint density at radius 2 is 2.35 bits per heavy atom. The van der Waals surface area contributed by atoms with Gasteiger partial charge >= 0.3 is 0 Å². The van der Waals surface area contributed by atoms with Crippen molar-refractivity contribution in [3.63, 3.8) is 0 Å². The maximum Gasteiger partial charge on any atom is 0.157 e. The van der Waals surface area contributed by atoms with Crippen molar-refractivity contribution >= 4 is 15.9 Å². The summed E-state index contributed by atoms with van der Waals surface area (Å²) in [5.74, 6) is 0. The minimum atomic E-state index is -0.263. The van der Waals surface area contributed by atoms with E-state index in [2.05, 4.69) is 25.9 Å². The summed E-state index contributed by atoms with van der Waals surface area (Å²) >= 11 is 3.23. The van der Waals surface area contributed by atoms with Gasteiger partial charge in [-0.25, -0.2) is 4.98 Å². The lowest BCUT2D eigenvalue weighted by atomic mass is 10.2. The molecule has 2 unspecified atom stereocenters. The molecule has 2 atom stereocenters. The third-order valence-electron chi connectivity index (χ3n) is 2.62. The summed E-state index contributed by atoms with van der Waals surface area (Å²) in [6, 6.07) is -0.263. The maximum atomic E-state index is 5.96. The SMILES string of the molecule is NC(COC1CCCCO1)c1cnc(Br)cn1. The molecule has 0 aliphatic carbocycles. The Labute approximate surface area is 109 Å². The molecule has 0 saturated carbocycles. The van der Waals surface area contributed by atoms with Gasteiger partial charge in [0.2, 0.25) is 0 Å². The van der Waals surface area contributed by atoms with Crippen molar-refractivity contribution in [2.75, 3.05) is 13.2 Å². The summed E-state index contributed by atoms with van der Waals surface area (Å²) in [4.78, 5) is 8.27. The lowest BCUT2D eigenvalue weighted by Crippen LogP contribution is -2.27. The zero-order valence-electron chi connectivity index (χ0n) is 9.51. The van der Waals surface area contributed by atoms with Gasteiger partial charge in [-0.1, -0.05) is 0 Å². The van der Waals surface area contributed by atoms with E-state index in [9.17, 15) is 0 Å². The number of halogens is 1. The molecular formula is C11H16BrN3O2. The molecule has 0 amide bonds. The number of nitrogens with two attached hydrogens (primary N) is 1. The van der Waals surface area contributed by atoms with Crippen LogP contribution in [0.1, 0.15) is 31.0 Å². The largest absolute Gasteiger partial charge is 0.353 e. The van der Waals surface area contributed by atoms with Crippen LogP contribution < -0.4 is 5.73 Å². The molecule has 94 valence electrons. The summed E-state index contributed by atoms with van der Waals surface area (Å²) in [6.45, 7) is 1.18. The third-order valence-corrected chi connectivity index (χ3v) is 3.03. The van der Waals surface area contributed by atoms with E-state index >= 15 is 0 Å². The predicted molar refractivity (Wildman–Crippen MR) is 66.2 cm³/mol. The zero-order valence-corrected chi connectivity index (χ0v) is 11.1. The first kappa shape index (κ1) is 12.9. The van der Waals surface area contributed by atoms with E-state index in [1.165, 1.54) is 0 Å². The van der Waals surface area contributed by atoms with Gasteiger partial charge in [0.25, 0.3) is 0 Å². The van der Waals surface area contributed by atoms with E-state index in [1.54, 1.807) is 12.4 Å². The second kappa shape index (κ2) is 6.39. The van der Waals surface area contributed by atoms with Crippen LogP contribution in [-0.4, -0.2) is 29.5 Å². The molecule has 0 spiro atoms. The fourth-order valence-corrected chi connectivity index (χ4v) is 1.86. The highest BCUT2D eigenvalue weighted by Gasteiger charge is 2.16. The van der Waals surface area contributed by atoms with Crippen LogP contribution in [-0.2, 0) is 9.47 Å². The number of hydrogen-bond acceptors (Lipinski definition) is 5. The first-order valence-corrected chi connectivity index (χ1v) is 6.51. The predicted octanol–water partition coefficient (Wildman–Crippen LogP) is 1.78. The molecule has 1 saturated heterocycles. The molecule has 2 heterocycles. The van der Waals surface area contributed by atoms with Gasteiger partial charge in [0.05, 0.1) is 30.7 Å². The minimum absolute atomic E-state index is 0.113. The number of nitrogens with zero attached hydrogens (tertiary/aromatic N) is 2. The van der Waals surface area contributed by atoms with Crippen molar-refractivity contribution in [2.24, 2.45) is 5.73 Å². The topological polar surface area (TPSA) is 70.3 Å². The van der Waals surface area contributed by atoms with E-state index in [-0.39, 0.29) is 12.3 Å². The summed E-state index contributed by atoms with van der Waals surface area (Å²) in [5.41, 5.74) is 6.69. The van der Waals surface area contributed by atoms with E-state index < -0.39 is 0 Å². The summed E-state index contributed by atoms with van der Waals surface area (Å²) < 4.78 is 11.8. The van der Waals surface area contributed by atoms with Crippen LogP contribution in [0, 0.1) is 0 Å². The molecule has 1 aromatic heterocycles. The van der Waals surface area contributed by atoms with E-state index in [0.29, 0.717) is 11.2 Å². The number of ether oxygens (including phenoxy) is 2. The molecule has 0 bridgehead atoms. The minimum Gasteiger partial charge on any atom is -0.353 e. The fraction of sp³-hybridized carbons (Fsp3) is 0.636. The lowest BCUT2D eigenvalue weighted by molar-refractivity contribution is -0.165. The van der Waals surface area contributed by atoms with Crippen molar-refractivity contribution < 1.29 is 9.47 Å².